The minimum absolute atomic E-state index is 0.112. The number of nitrogens with one attached hydrogen (secondary N) is 1. The van der Waals surface area contributed by atoms with E-state index >= 15 is 0 Å². The first-order valence-electron chi connectivity index (χ1n) is 12.0. The highest BCUT2D eigenvalue weighted by atomic mass is 35.5. The maximum absolute atomic E-state index is 13.7. The van der Waals surface area contributed by atoms with Gasteiger partial charge in [0.2, 0.25) is 10.0 Å². The Balaban J connectivity index is 1.55. The third-order valence-electron chi connectivity index (χ3n) is 6.30. The van der Waals surface area contributed by atoms with Gasteiger partial charge in [0.1, 0.15) is 0 Å². The summed E-state index contributed by atoms with van der Waals surface area (Å²) in [7, 11) is -3.95. The lowest BCUT2D eigenvalue weighted by atomic mass is 10.1. The topological polar surface area (TPSA) is 163 Å². The highest BCUT2D eigenvalue weighted by Crippen LogP contribution is 2.26. The van der Waals surface area contributed by atoms with Gasteiger partial charge in [0, 0.05) is 16.9 Å². The normalized spacial score (nSPS) is 12.3. The molecule has 0 bridgehead atoms. The number of amides is 1. The van der Waals surface area contributed by atoms with Crippen molar-refractivity contribution in [1.29, 1.82) is 0 Å². The lowest BCUT2D eigenvalue weighted by Crippen LogP contribution is -2.33. The van der Waals surface area contributed by atoms with E-state index in [1.165, 1.54) is 29.0 Å². The van der Waals surface area contributed by atoms with Crippen LogP contribution < -0.4 is 21.7 Å². The zero-order valence-electron chi connectivity index (χ0n) is 21.1. The minimum atomic E-state index is -3.95. The number of nitrogen functional groups attached to an aromatic ring is 1. The number of halogens is 1. The van der Waals surface area contributed by atoms with Gasteiger partial charge in [0.25, 0.3) is 11.5 Å². The highest BCUT2D eigenvalue weighted by molar-refractivity contribution is 7.89. The molecule has 0 spiro atoms. The second-order valence-corrected chi connectivity index (χ2v) is 11.0. The number of rotatable bonds is 6. The van der Waals surface area contributed by atoms with Crippen LogP contribution in [0.1, 0.15) is 29.1 Å². The molecule has 1 amide bonds. The van der Waals surface area contributed by atoms with Crippen LogP contribution in [-0.2, 0) is 10.0 Å². The SMILES string of the molecule is C[C@H](NC(=O)c1nc(-c2cccc(S(N)(=O)=O)c2)cnc1N)c1cc2cccc(Cl)c2c(=O)n1-c1ccccc1. The van der Waals surface area contributed by atoms with Gasteiger partial charge in [-0.25, -0.2) is 23.5 Å². The van der Waals surface area contributed by atoms with Gasteiger partial charge < -0.3 is 11.1 Å². The molecule has 2 heterocycles. The third-order valence-corrected chi connectivity index (χ3v) is 7.53. The molecule has 0 saturated heterocycles. The molecule has 0 saturated carbocycles. The van der Waals surface area contributed by atoms with Gasteiger partial charge in [0.15, 0.2) is 11.5 Å². The van der Waals surface area contributed by atoms with Crippen LogP contribution in [0.2, 0.25) is 5.02 Å². The Hall–Kier alpha value is -4.58. The first-order chi connectivity index (χ1) is 19.0. The molecule has 2 aromatic heterocycles. The number of pyridine rings is 1. The molecule has 40 heavy (non-hydrogen) atoms. The average Bonchev–Trinajstić information content (AvgIpc) is 2.93. The van der Waals surface area contributed by atoms with Crippen molar-refractivity contribution in [2.24, 2.45) is 5.14 Å². The maximum atomic E-state index is 13.7. The minimum Gasteiger partial charge on any atom is -0.382 e. The summed E-state index contributed by atoms with van der Waals surface area (Å²) in [4.78, 5) is 35.4. The molecule has 5 aromatic rings. The monoisotopic (exact) mass is 574 g/mol. The van der Waals surface area contributed by atoms with Crippen molar-refractivity contribution in [1.82, 2.24) is 19.9 Å². The van der Waals surface area contributed by atoms with Crippen LogP contribution in [0, 0.1) is 0 Å². The Morgan fingerprint density at radius 2 is 1.75 bits per heavy atom. The fraction of sp³-hybridized carbons (Fsp3) is 0.0714. The van der Waals surface area contributed by atoms with E-state index in [9.17, 15) is 18.0 Å². The zero-order chi connectivity index (χ0) is 28.6. The summed E-state index contributed by atoms with van der Waals surface area (Å²) in [6.07, 6.45) is 1.33. The summed E-state index contributed by atoms with van der Waals surface area (Å²) >= 11 is 6.38. The van der Waals surface area contributed by atoms with Gasteiger partial charge in [-0.05, 0) is 48.7 Å². The molecule has 202 valence electrons. The number of hydrogen-bond donors (Lipinski definition) is 3. The predicted molar refractivity (Wildman–Crippen MR) is 154 cm³/mol. The summed E-state index contributed by atoms with van der Waals surface area (Å²) < 4.78 is 25.1. The van der Waals surface area contributed by atoms with E-state index in [0.29, 0.717) is 32.7 Å². The molecule has 0 unspecified atom stereocenters. The van der Waals surface area contributed by atoms with Gasteiger partial charge >= 0.3 is 0 Å². The van der Waals surface area contributed by atoms with Crippen molar-refractivity contribution in [3.63, 3.8) is 0 Å². The number of hydrogen-bond acceptors (Lipinski definition) is 7. The standard InChI is InChI=1S/C28H23ClN6O4S/c1-16(23-14-18-8-6-12-21(29)24(18)28(37)35(23)19-9-3-2-4-10-19)33-27(36)25-26(30)32-15-22(34-25)17-7-5-11-20(13-17)40(31,38)39/h2-16H,1H3,(H2,30,32)(H,33,36)(H2,31,38,39)/t16-/m0/s1. The Kier molecular flexibility index (Phi) is 7.11. The first kappa shape index (κ1) is 27.0. The summed E-state index contributed by atoms with van der Waals surface area (Å²) in [6, 6.07) is 21.1. The van der Waals surface area contributed by atoms with E-state index in [2.05, 4.69) is 15.3 Å². The molecule has 5 N–H and O–H groups in total. The van der Waals surface area contributed by atoms with Crippen molar-refractivity contribution in [3.05, 3.63) is 112 Å². The largest absolute Gasteiger partial charge is 0.382 e. The van der Waals surface area contributed by atoms with Crippen molar-refractivity contribution < 1.29 is 13.2 Å². The molecule has 1 atom stereocenters. The lowest BCUT2D eigenvalue weighted by Gasteiger charge is -2.21. The smallest absolute Gasteiger partial charge is 0.274 e. The molecule has 0 aliphatic carbocycles. The number of aromatic nitrogens is 3. The molecular weight excluding hydrogens is 552 g/mol. The predicted octanol–water partition coefficient (Wildman–Crippen LogP) is 3.82. The first-order valence-corrected chi connectivity index (χ1v) is 13.9. The van der Waals surface area contributed by atoms with E-state index in [1.54, 1.807) is 61.5 Å². The van der Waals surface area contributed by atoms with Crippen molar-refractivity contribution in [2.45, 2.75) is 17.9 Å². The fourth-order valence-corrected chi connectivity index (χ4v) is 5.20. The summed E-state index contributed by atoms with van der Waals surface area (Å²) in [5, 5.41) is 9.40. The molecule has 3 aromatic carbocycles. The number of fused-ring (bicyclic) bond motifs is 1. The van der Waals surface area contributed by atoms with E-state index in [0.717, 1.165) is 0 Å². The number of nitrogens with two attached hydrogens (primary N) is 2. The van der Waals surface area contributed by atoms with Gasteiger partial charge in [0.05, 0.1) is 33.2 Å². The lowest BCUT2D eigenvalue weighted by molar-refractivity contribution is 0.0934. The molecule has 0 aliphatic heterocycles. The van der Waals surface area contributed by atoms with Crippen molar-refractivity contribution in [3.8, 4) is 16.9 Å². The Morgan fingerprint density at radius 1 is 1.02 bits per heavy atom. The van der Waals surface area contributed by atoms with Crippen LogP contribution >= 0.6 is 11.6 Å². The Bertz CT molecular complexity index is 1940. The van der Waals surface area contributed by atoms with Crippen molar-refractivity contribution in [2.75, 3.05) is 5.73 Å². The van der Waals surface area contributed by atoms with Gasteiger partial charge in [-0.1, -0.05) is 54.1 Å². The van der Waals surface area contributed by atoms with Gasteiger partial charge in [-0.2, -0.15) is 0 Å². The number of nitrogens with zero attached hydrogens (tertiary/aromatic N) is 3. The second-order valence-electron chi connectivity index (χ2n) is 9.01. The highest BCUT2D eigenvalue weighted by Gasteiger charge is 2.22. The Morgan fingerprint density at radius 3 is 2.48 bits per heavy atom. The quantitative estimate of drug-likeness (QED) is 0.277. The number of benzene rings is 3. The summed E-state index contributed by atoms with van der Waals surface area (Å²) in [5.74, 6) is -0.762. The summed E-state index contributed by atoms with van der Waals surface area (Å²) in [6.45, 7) is 1.73. The van der Waals surface area contributed by atoms with Crippen LogP contribution in [-0.4, -0.2) is 28.9 Å². The number of carbonyl (C=O) groups is 1. The second kappa shape index (κ2) is 10.5. The van der Waals surface area contributed by atoms with Gasteiger partial charge in [-0.15, -0.1) is 0 Å². The third kappa shape index (κ3) is 5.17. The maximum Gasteiger partial charge on any atom is 0.274 e. The van der Waals surface area contributed by atoms with Crippen LogP contribution in [0.15, 0.2) is 94.7 Å². The number of anilines is 1. The molecular formula is C28H23ClN6O4S. The number of sulfonamides is 1. The van der Waals surface area contributed by atoms with Crippen LogP contribution in [0.5, 0.6) is 0 Å². The number of carbonyl (C=O) groups excluding carboxylic acids is 1. The molecule has 12 heteroatoms. The number of para-hydroxylation sites is 1. The van der Waals surface area contributed by atoms with E-state index < -0.39 is 22.0 Å². The van der Waals surface area contributed by atoms with E-state index in [-0.39, 0.29) is 27.7 Å². The average molecular weight is 575 g/mol. The van der Waals surface area contributed by atoms with Crippen LogP contribution in [0.25, 0.3) is 27.7 Å². The van der Waals surface area contributed by atoms with Crippen LogP contribution in [0.3, 0.4) is 0 Å². The fourth-order valence-electron chi connectivity index (χ4n) is 4.38. The molecule has 5 rings (SSSR count). The molecule has 0 fully saturated rings. The molecule has 0 radical (unpaired) electrons. The molecule has 0 aliphatic rings. The van der Waals surface area contributed by atoms with Crippen LogP contribution in [0.4, 0.5) is 5.82 Å². The van der Waals surface area contributed by atoms with E-state index in [1.807, 2.05) is 6.07 Å². The Labute approximate surface area is 234 Å². The zero-order valence-corrected chi connectivity index (χ0v) is 22.6. The van der Waals surface area contributed by atoms with E-state index in [4.69, 9.17) is 22.5 Å². The van der Waals surface area contributed by atoms with Crippen molar-refractivity contribution >= 4 is 44.1 Å². The summed E-state index contributed by atoms with van der Waals surface area (Å²) in [5.41, 5.74) is 7.20. The van der Waals surface area contributed by atoms with Gasteiger partial charge in [-0.3, -0.25) is 14.2 Å². The number of primary sulfonamides is 1. The molecule has 10 nitrogen and oxygen atoms in total.